The van der Waals surface area contributed by atoms with Crippen LogP contribution in [0.4, 0.5) is 4.39 Å². The summed E-state index contributed by atoms with van der Waals surface area (Å²) in [6.45, 7) is 6.92. The van der Waals surface area contributed by atoms with Gasteiger partial charge in [0.15, 0.2) is 5.96 Å². The number of nitrogens with zero attached hydrogens (tertiary/aromatic N) is 2. The van der Waals surface area contributed by atoms with E-state index in [2.05, 4.69) is 57.3 Å². The number of aliphatic imine (C=N–C) groups is 1. The van der Waals surface area contributed by atoms with Gasteiger partial charge in [-0.15, -0.1) is 24.0 Å². The fourth-order valence-corrected chi connectivity index (χ4v) is 2.38. The molecule has 0 bridgehead atoms. The first kappa shape index (κ1) is 21.9. The van der Waals surface area contributed by atoms with Crippen LogP contribution in [0.5, 0.6) is 0 Å². The van der Waals surface area contributed by atoms with Crippen LogP contribution in [0.25, 0.3) is 0 Å². The van der Waals surface area contributed by atoms with Crippen molar-refractivity contribution in [3.05, 3.63) is 51.9 Å². The molecule has 8 heteroatoms. The van der Waals surface area contributed by atoms with Gasteiger partial charge in [0, 0.05) is 29.0 Å². The molecule has 0 aliphatic carbocycles. The van der Waals surface area contributed by atoms with Gasteiger partial charge in [0.2, 0.25) is 5.89 Å². The van der Waals surface area contributed by atoms with Crippen LogP contribution < -0.4 is 10.6 Å². The normalized spacial score (nSPS) is 11.8. The summed E-state index contributed by atoms with van der Waals surface area (Å²) in [6, 6.07) is 4.83. The zero-order valence-electron chi connectivity index (χ0n) is 14.7. The number of nitrogens with one attached hydrogen (secondary N) is 2. The van der Waals surface area contributed by atoms with Crippen molar-refractivity contribution >= 4 is 45.9 Å². The lowest BCUT2D eigenvalue weighted by Gasteiger charge is -2.13. The first-order valence-electron chi connectivity index (χ1n) is 7.63. The first-order valence-corrected chi connectivity index (χ1v) is 8.42. The van der Waals surface area contributed by atoms with E-state index in [1.165, 1.54) is 6.07 Å². The molecule has 0 saturated carbocycles. The van der Waals surface area contributed by atoms with Gasteiger partial charge < -0.3 is 15.1 Å². The Morgan fingerprint density at radius 3 is 2.56 bits per heavy atom. The SMILES string of the molecule is CN=C(NCc1ncc(C(C)(C)C)o1)NCc1cc(Br)ccc1F.I. The number of hydrogen-bond acceptors (Lipinski definition) is 3. The topological polar surface area (TPSA) is 62.5 Å². The minimum Gasteiger partial charge on any atom is -0.443 e. The van der Waals surface area contributed by atoms with Gasteiger partial charge >= 0.3 is 0 Å². The molecule has 5 nitrogen and oxygen atoms in total. The molecule has 0 atom stereocenters. The molecule has 0 fully saturated rings. The maximum absolute atomic E-state index is 13.7. The first-order chi connectivity index (χ1) is 11.3. The average Bonchev–Trinajstić information content (AvgIpc) is 3.00. The lowest BCUT2D eigenvalue weighted by Crippen LogP contribution is -2.36. The molecule has 25 heavy (non-hydrogen) atoms. The monoisotopic (exact) mass is 524 g/mol. The van der Waals surface area contributed by atoms with E-state index in [4.69, 9.17) is 4.42 Å². The number of guanidine groups is 1. The molecule has 2 rings (SSSR count). The van der Waals surface area contributed by atoms with Crippen molar-refractivity contribution < 1.29 is 8.81 Å². The Morgan fingerprint density at radius 1 is 1.28 bits per heavy atom. The third-order valence-corrected chi connectivity index (χ3v) is 3.87. The standard InChI is InChI=1S/C17H22BrFN4O.HI/c1-17(2,3)14-9-21-15(24-14)10-23-16(20-4)22-8-11-7-12(18)5-6-13(11)19;/h5-7,9H,8,10H2,1-4H3,(H2,20,22,23);1H. The van der Waals surface area contributed by atoms with Crippen molar-refractivity contribution in [3.8, 4) is 0 Å². The van der Waals surface area contributed by atoms with Crippen LogP contribution in [0.15, 0.2) is 38.3 Å². The van der Waals surface area contributed by atoms with E-state index in [1.807, 2.05) is 0 Å². The van der Waals surface area contributed by atoms with E-state index in [0.717, 1.165) is 10.2 Å². The predicted molar refractivity (Wildman–Crippen MR) is 112 cm³/mol. The van der Waals surface area contributed by atoms with E-state index in [9.17, 15) is 4.39 Å². The molecule has 2 N–H and O–H groups in total. The highest BCUT2D eigenvalue weighted by molar-refractivity contribution is 14.0. The molecule has 0 aliphatic heterocycles. The Bertz CT molecular complexity index is 728. The third kappa shape index (κ3) is 6.58. The predicted octanol–water partition coefficient (Wildman–Crippen LogP) is 4.36. The Morgan fingerprint density at radius 2 is 1.96 bits per heavy atom. The quantitative estimate of drug-likeness (QED) is 0.354. The molecule has 0 spiro atoms. The minimum atomic E-state index is -0.260. The van der Waals surface area contributed by atoms with Gasteiger partial charge in [0.25, 0.3) is 0 Å². The number of aromatic nitrogens is 1. The molecule has 2 aromatic rings. The molecular formula is C17H23BrFIN4O. The zero-order valence-corrected chi connectivity index (χ0v) is 18.6. The van der Waals surface area contributed by atoms with E-state index in [1.54, 1.807) is 25.4 Å². The number of hydrogen-bond donors (Lipinski definition) is 2. The molecule has 0 unspecified atom stereocenters. The van der Waals surface area contributed by atoms with Gasteiger partial charge in [-0.2, -0.15) is 0 Å². The smallest absolute Gasteiger partial charge is 0.213 e. The number of benzene rings is 1. The Labute approximate surface area is 173 Å². The zero-order chi connectivity index (χ0) is 17.7. The molecule has 138 valence electrons. The van der Waals surface area contributed by atoms with Gasteiger partial charge in [-0.1, -0.05) is 36.7 Å². The summed E-state index contributed by atoms with van der Waals surface area (Å²) in [6.07, 6.45) is 1.74. The lowest BCUT2D eigenvalue weighted by molar-refractivity contribution is 0.379. The number of halogens is 3. The maximum atomic E-state index is 13.7. The summed E-state index contributed by atoms with van der Waals surface area (Å²) in [4.78, 5) is 8.37. The van der Waals surface area contributed by atoms with Crippen LogP contribution in [-0.4, -0.2) is 18.0 Å². The summed E-state index contributed by atoms with van der Waals surface area (Å²) < 4.78 is 20.3. The number of rotatable bonds is 4. The molecule has 1 aromatic carbocycles. The van der Waals surface area contributed by atoms with Crippen molar-refractivity contribution in [1.82, 2.24) is 15.6 Å². The molecular weight excluding hydrogens is 502 g/mol. The van der Waals surface area contributed by atoms with Crippen LogP contribution in [-0.2, 0) is 18.5 Å². The van der Waals surface area contributed by atoms with Gasteiger partial charge in [-0.05, 0) is 18.2 Å². The average molecular weight is 525 g/mol. The van der Waals surface area contributed by atoms with Crippen molar-refractivity contribution in [2.45, 2.75) is 39.3 Å². The van der Waals surface area contributed by atoms with Crippen LogP contribution >= 0.6 is 39.9 Å². The molecule has 0 amide bonds. The Kier molecular flexibility index (Phi) is 8.33. The highest BCUT2D eigenvalue weighted by Crippen LogP contribution is 2.22. The van der Waals surface area contributed by atoms with Crippen molar-refractivity contribution in [2.75, 3.05) is 7.05 Å². The molecule has 1 aromatic heterocycles. The minimum absolute atomic E-state index is 0. The van der Waals surface area contributed by atoms with E-state index in [-0.39, 0.29) is 35.2 Å². The fraction of sp³-hybridized carbons (Fsp3) is 0.412. The molecule has 0 aliphatic rings. The van der Waals surface area contributed by atoms with Gasteiger partial charge in [-0.3, -0.25) is 4.99 Å². The Balaban J connectivity index is 0.00000312. The van der Waals surface area contributed by atoms with Crippen LogP contribution in [0, 0.1) is 5.82 Å². The number of oxazole rings is 1. The van der Waals surface area contributed by atoms with Crippen LogP contribution in [0.2, 0.25) is 0 Å². The lowest BCUT2D eigenvalue weighted by atomic mass is 9.94. The second-order valence-electron chi connectivity index (χ2n) is 6.38. The van der Waals surface area contributed by atoms with E-state index in [0.29, 0.717) is 30.5 Å². The highest BCUT2D eigenvalue weighted by Gasteiger charge is 2.19. The van der Waals surface area contributed by atoms with Crippen molar-refractivity contribution in [1.29, 1.82) is 0 Å². The summed E-state index contributed by atoms with van der Waals surface area (Å²) in [5.41, 5.74) is 0.474. The van der Waals surface area contributed by atoms with E-state index >= 15 is 0 Å². The van der Waals surface area contributed by atoms with Crippen molar-refractivity contribution in [3.63, 3.8) is 0 Å². The van der Waals surface area contributed by atoms with Gasteiger partial charge in [0.05, 0.1) is 12.7 Å². The molecule has 0 radical (unpaired) electrons. The summed E-state index contributed by atoms with van der Waals surface area (Å²) in [7, 11) is 1.66. The third-order valence-electron chi connectivity index (χ3n) is 3.38. The summed E-state index contributed by atoms with van der Waals surface area (Å²) >= 11 is 3.34. The van der Waals surface area contributed by atoms with Crippen LogP contribution in [0.3, 0.4) is 0 Å². The molecule has 0 saturated heterocycles. The second kappa shape index (κ2) is 9.51. The van der Waals surface area contributed by atoms with Gasteiger partial charge in [-0.25, -0.2) is 9.37 Å². The fourth-order valence-electron chi connectivity index (χ4n) is 1.98. The van der Waals surface area contributed by atoms with Crippen molar-refractivity contribution in [2.24, 2.45) is 4.99 Å². The Hall–Kier alpha value is -1.16. The van der Waals surface area contributed by atoms with Gasteiger partial charge in [0.1, 0.15) is 11.6 Å². The van der Waals surface area contributed by atoms with Crippen LogP contribution in [0.1, 0.15) is 38.0 Å². The largest absolute Gasteiger partial charge is 0.443 e. The van der Waals surface area contributed by atoms with E-state index < -0.39 is 0 Å². The summed E-state index contributed by atoms with van der Waals surface area (Å²) in [5, 5.41) is 6.17. The summed E-state index contributed by atoms with van der Waals surface area (Å²) in [5.74, 6) is 1.70. The highest BCUT2D eigenvalue weighted by atomic mass is 127. The second-order valence-corrected chi connectivity index (χ2v) is 7.30. The molecule has 1 heterocycles. The maximum Gasteiger partial charge on any atom is 0.213 e.